The molecule has 66 valence electrons. The Morgan fingerprint density at radius 2 is 1.73 bits per heavy atom. The van der Waals surface area contributed by atoms with Gasteiger partial charge in [0.1, 0.15) is 0 Å². The fourth-order valence-electron chi connectivity index (χ4n) is 2.63. The average Bonchev–Trinajstić information content (AvgIpc) is 2.35. The third-order valence-corrected chi connectivity index (χ3v) is 3.36. The molecule has 11 heavy (non-hydrogen) atoms. The molecular formula is C11H22. The molecule has 1 atom stereocenters. The molecule has 0 amide bonds. The van der Waals surface area contributed by atoms with Crippen LogP contribution in [-0.2, 0) is 0 Å². The summed E-state index contributed by atoms with van der Waals surface area (Å²) in [4.78, 5) is 0. The molecule has 0 aliphatic heterocycles. The van der Waals surface area contributed by atoms with Crippen LogP contribution in [0.15, 0.2) is 0 Å². The lowest BCUT2D eigenvalue weighted by atomic mass is 9.67. The van der Waals surface area contributed by atoms with Gasteiger partial charge in [-0.15, -0.1) is 0 Å². The summed E-state index contributed by atoms with van der Waals surface area (Å²) in [5, 5.41) is 0. The molecule has 0 aromatic heterocycles. The van der Waals surface area contributed by atoms with Crippen molar-refractivity contribution in [2.45, 2.75) is 59.3 Å². The first-order valence-electron chi connectivity index (χ1n) is 5.31. The van der Waals surface area contributed by atoms with E-state index in [4.69, 9.17) is 0 Å². The van der Waals surface area contributed by atoms with Gasteiger partial charge in [-0.25, -0.2) is 0 Å². The van der Waals surface area contributed by atoms with E-state index >= 15 is 0 Å². The zero-order valence-corrected chi connectivity index (χ0v) is 8.32. The Morgan fingerprint density at radius 3 is 1.91 bits per heavy atom. The molecule has 2 fully saturated rings. The molecule has 0 aromatic carbocycles. The Hall–Kier alpha value is 0. The van der Waals surface area contributed by atoms with Crippen LogP contribution in [-0.4, -0.2) is 0 Å². The van der Waals surface area contributed by atoms with Crippen molar-refractivity contribution in [2.75, 3.05) is 0 Å². The van der Waals surface area contributed by atoms with Crippen LogP contribution in [0.2, 0.25) is 0 Å². The molecule has 2 aliphatic rings. The first kappa shape index (κ1) is 9.09. The number of hydrogen-bond donors (Lipinski definition) is 0. The molecular weight excluding hydrogens is 132 g/mol. The van der Waals surface area contributed by atoms with Crippen molar-refractivity contribution in [3.05, 3.63) is 0 Å². The van der Waals surface area contributed by atoms with Gasteiger partial charge in [-0.05, 0) is 37.0 Å². The molecule has 2 rings (SSSR count). The van der Waals surface area contributed by atoms with E-state index < -0.39 is 0 Å². The topological polar surface area (TPSA) is 0 Å². The molecule has 0 aromatic rings. The molecule has 2 saturated carbocycles. The molecule has 0 saturated heterocycles. The van der Waals surface area contributed by atoms with E-state index in [1.165, 1.54) is 12.8 Å². The Labute approximate surface area is 71.4 Å². The van der Waals surface area contributed by atoms with E-state index in [1.807, 2.05) is 13.8 Å². The highest BCUT2D eigenvalue weighted by molar-refractivity contribution is 4.93. The molecule has 0 N–H and O–H groups in total. The summed E-state index contributed by atoms with van der Waals surface area (Å²) < 4.78 is 0. The maximum absolute atomic E-state index is 2.41. The zero-order valence-electron chi connectivity index (χ0n) is 8.32. The monoisotopic (exact) mass is 154 g/mol. The van der Waals surface area contributed by atoms with Crippen LogP contribution in [0.4, 0.5) is 0 Å². The van der Waals surface area contributed by atoms with Crippen LogP contribution in [0, 0.1) is 11.3 Å². The molecule has 0 unspecified atom stereocenters. The Morgan fingerprint density at radius 1 is 1.09 bits per heavy atom. The van der Waals surface area contributed by atoms with Crippen LogP contribution >= 0.6 is 0 Å². The fourth-order valence-corrected chi connectivity index (χ4v) is 2.63. The maximum Gasteiger partial charge on any atom is -0.0295 e. The van der Waals surface area contributed by atoms with Gasteiger partial charge in [0.05, 0.1) is 0 Å². The highest BCUT2D eigenvalue weighted by atomic mass is 14.5. The second-order valence-electron chi connectivity index (χ2n) is 4.20. The van der Waals surface area contributed by atoms with Crippen molar-refractivity contribution in [1.29, 1.82) is 0 Å². The average molecular weight is 154 g/mol. The molecule has 0 radical (unpaired) electrons. The first-order valence-corrected chi connectivity index (χ1v) is 5.31. The standard InChI is InChI=1S/C9H16.C2H6/c1-8-3-6-9(7-8)4-2-5-9;1-2/h8H,2-7H2,1H3;1-2H3/t8-;/m1./s1. The van der Waals surface area contributed by atoms with Crippen LogP contribution in [0.3, 0.4) is 0 Å². The Balaban J connectivity index is 0.000000281. The van der Waals surface area contributed by atoms with Gasteiger partial charge in [-0.2, -0.15) is 0 Å². The van der Waals surface area contributed by atoms with Crippen LogP contribution in [0.1, 0.15) is 59.3 Å². The summed E-state index contributed by atoms with van der Waals surface area (Å²) >= 11 is 0. The molecule has 2 aliphatic carbocycles. The second-order valence-corrected chi connectivity index (χ2v) is 4.20. The molecule has 0 heterocycles. The minimum absolute atomic E-state index is 0.888. The summed E-state index contributed by atoms with van der Waals surface area (Å²) in [6.07, 6.45) is 9.24. The lowest BCUT2D eigenvalue weighted by Crippen LogP contribution is -2.25. The van der Waals surface area contributed by atoms with Crippen molar-refractivity contribution >= 4 is 0 Å². The predicted octanol–water partition coefficient (Wildman–Crippen LogP) is 4.00. The normalized spacial score (nSPS) is 32.5. The SMILES string of the molecule is CC.C[C@@H]1CCC2(CCC2)C1. The van der Waals surface area contributed by atoms with Gasteiger partial charge in [0, 0.05) is 0 Å². The van der Waals surface area contributed by atoms with Gasteiger partial charge < -0.3 is 0 Å². The quantitative estimate of drug-likeness (QED) is 0.494. The Kier molecular flexibility index (Phi) is 2.98. The van der Waals surface area contributed by atoms with Crippen molar-refractivity contribution < 1.29 is 0 Å². The van der Waals surface area contributed by atoms with Crippen LogP contribution < -0.4 is 0 Å². The number of hydrogen-bond acceptors (Lipinski definition) is 0. The van der Waals surface area contributed by atoms with E-state index in [-0.39, 0.29) is 0 Å². The second kappa shape index (κ2) is 3.60. The summed E-state index contributed by atoms with van der Waals surface area (Å²) in [5.74, 6) is 1.05. The van der Waals surface area contributed by atoms with Gasteiger partial charge in [0.2, 0.25) is 0 Å². The van der Waals surface area contributed by atoms with Gasteiger partial charge in [0.25, 0.3) is 0 Å². The summed E-state index contributed by atoms with van der Waals surface area (Å²) in [6, 6.07) is 0. The van der Waals surface area contributed by atoms with Crippen molar-refractivity contribution in [1.82, 2.24) is 0 Å². The van der Waals surface area contributed by atoms with Crippen molar-refractivity contribution in [3.8, 4) is 0 Å². The largest absolute Gasteiger partial charge is 0.0683 e. The first-order chi connectivity index (χ1) is 5.31. The summed E-state index contributed by atoms with van der Waals surface area (Å²) in [6.45, 7) is 6.41. The molecule has 1 spiro atoms. The highest BCUT2D eigenvalue weighted by Gasteiger charge is 2.41. The maximum atomic E-state index is 2.41. The fraction of sp³-hybridized carbons (Fsp3) is 1.00. The number of rotatable bonds is 0. The van der Waals surface area contributed by atoms with E-state index in [1.54, 1.807) is 25.7 Å². The lowest BCUT2D eigenvalue weighted by Gasteiger charge is -2.38. The van der Waals surface area contributed by atoms with Gasteiger partial charge in [-0.3, -0.25) is 0 Å². The lowest BCUT2D eigenvalue weighted by molar-refractivity contribution is 0.138. The minimum atomic E-state index is 0.888. The van der Waals surface area contributed by atoms with E-state index in [0.717, 1.165) is 11.3 Å². The smallest absolute Gasteiger partial charge is 0.0295 e. The minimum Gasteiger partial charge on any atom is -0.0683 e. The zero-order chi connectivity index (χ0) is 8.32. The summed E-state index contributed by atoms with van der Waals surface area (Å²) in [5.41, 5.74) is 0.888. The van der Waals surface area contributed by atoms with E-state index in [2.05, 4.69) is 6.92 Å². The van der Waals surface area contributed by atoms with Crippen molar-refractivity contribution in [2.24, 2.45) is 11.3 Å². The van der Waals surface area contributed by atoms with Crippen LogP contribution in [0.5, 0.6) is 0 Å². The Bertz CT molecular complexity index is 111. The van der Waals surface area contributed by atoms with Crippen LogP contribution in [0.25, 0.3) is 0 Å². The predicted molar refractivity (Wildman–Crippen MR) is 50.6 cm³/mol. The van der Waals surface area contributed by atoms with E-state index in [9.17, 15) is 0 Å². The van der Waals surface area contributed by atoms with Crippen molar-refractivity contribution in [3.63, 3.8) is 0 Å². The van der Waals surface area contributed by atoms with Gasteiger partial charge in [-0.1, -0.05) is 33.6 Å². The third kappa shape index (κ3) is 1.77. The third-order valence-electron chi connectivity index (χ3n) is 3.36. The molecule has 0 nitrogen and oxygen atoms in total. The van der Waals surface area contributed by atoms with Gasteiger partial charge >= 0.3 is 0 Å². The highest BCUT2D eigenvalue weighted by Crippen LogP contribution is 2.54. The van der Waals surface area contributed by atoms with E-state index in [0.29, 0.717) is 0 Å². The molecule has 0 heteroatoms. The van der Waals surface area contributed by atoms with Gasteiger partial charge in [0.15, 0.2) is 0 Å². The summed E-state index contributed by atoms with van der Waals surface area (Å²) in [7, 11) is 0. The molecule has 0 bridgehead atoms.